The molecule has 0 radical (unpaired) electrons. The maximum absolute atomic E-state index is 12.3. The molecule has 0 saturated carbocycles. The Balaban J connectivity index is 1.81. The molecule has 3 heterocycles. The summed E-state index contributed by atoms with van der Waals surface area (Å²) in [6.07, 6.45) is 4.87. The number of hydrazine groups is 1. The van der Waals surface area contributed by atoms with Gasteiger partial charge in [-0.3, -0.25) is 4.79 Å². The summed E-state index contributed by atoms with van der Waals surface area (Å²) >= 11 is 0. The highest BCUT2D eigenvalue weighted by Crippen LogP contribution is 2.19. The third-order valence-electron chi connectivity index (χ3n) is 2.98. The molecule has 1 fully saturated rings. The van der Waals surface area contributed by atoms with Gasteiger partial charge >= 0.3 is 0 Å². The average molecular weight is 259 g/mol. The first-order valence-electron chi connectivity index (χ1n) is 5.88. The Hall–Kier alpha value is -2.32. The highest BCUT2D eigenvalue weighted by atomic mass is 16.2. The second-order valence-electron chi connectivity index (χ2n) is 4.16. The lowest BCUT2D eigenvalue weighted by atomic mass is 10.3. The summed E-state index contributed by atoms with van der Waals surface area (Å²) in [5.41, 5.74) is 9.43. The standard InChI is InChI=1S/C11H13N7O/c12-5-8-1-2-10(13-6-8)18-11(19)9(7-15-18)17-4-3-14-16-17/h1-4,6,9,15H,5,7,12H2. The van der Waals surface area contributed by atoms with Gasteiger partial charge in [-0.25, -0.2) is 20.1 Å². The smallest absolute Gasteiger partial charge is 0.269 e. The Morgan fingerprint density at radius 2 is 2.37 bits per heavy atom. The van der Waals surface area contributed by atoms with E-state index in [-0.39, 0.29) is 5.91 Å². The van der Waals surface area contributed by atoms with Crippen molar-refractivity contribution in [2.45, 2.75) is 12.6 Å². The lowest BCUT2D eigenvalue weighted by Gasteiger charge is -2.15. The molecule has 0 bridgehead atoms. The molecule has 1 atom stereocenters. The summed E-state index contributed by atoms with van der Waals surface area (Å²) in [5.74, 6) is 0.434. The number of hydrogen-bond donors (Lipinski definition) is 2. The van der Waals surface area contributed by atoms with Crippen molar-refractivity contribution in [3.8, 4) is 0 Å². The number of nitrogens with zero attached hydrogens (tertiary/aromatic N) is 5. The summed E-state index contributed by atoms with van der Waals surface area (Å²) in [6, 6.07) is 3.22. The number of aromatic nitrogens is 4. The summed E-state index contributed by atoms with van der Waals surface area (Å²) in [5, 5.41) is 8.98. The van der Waals surface area contributed by atoms with E-state index in [9.17, 15) is 4.79 Å². The number of rotatable bonds is 3. The van der Waals surface area contributed by atoms with Crippen LogP contribution in [-0.2, 0) is 11.3 Å². The van der Waals surface area contributed by atoms with Crippen LogP contribution in [0.3, 0.4) is 0 Å². The van der Waals surface area contributed by atoms with Crippen LogP contribution in [0.2, 0.25) is 0 Å². The molecule has 2 aromatic heterocycles. The minimum atomic E-state index is -0.390. The Morgan fingerprint density at radius 3 is 3.00 bits per heavy atom. The molecule has 8 nitrogen and oxygen atoms in total. The van der Waals surface area contributed by atoms with E-state index in [2.05, 4.69) is 20.7 Å². The maximum Gasteiger partial charge on any atom is 0.269 e. The lowest BCUT2D eigenvalue weighted by Crippen LogP contribution is -2.35. The topological polar surface area (TPSA) is 102 Å². The van der Waals surface area contributed by atoms with Crippen LogP contribution in [0.15, 0.2) is 30.7 Å². The lowest BCUT2D eigenvalue weighted by molar-refractivity contribution is -0.120. The second-order valence-corrected chi connectivity index (χ2v) is 4.16. The molecular formula is C11H13N7O. The molecule has 0 aromatic carbocycles. The number of anilines is 1. The Kier molecular flexibility index (Phi) is 2.94. The van der Waals surface area contributed by atoms with Gasteiger partial charge < -0.3 is 5.73 Å². The van der Waals surface area contributed by atoms with Gasteiger partial charge in [-0.05, 0) is 11.6 Å². The van der Waals surface area contributed by atoms with E-state index in [0.717, 1.165) is 5.56 Å². The van der Waals surface area contributed by atoms with Crippen LogP contribution in [0, 0.1) is 0 Å². The van der Waals surface area contributed by atoms with Crippen molar-refractivity contribution in [1.82, 2.24) is 25.4 Å². The normalized spacial score (nSPS) is 19.1. The van der Waals surface area contributed by atoms with E-state index in [4.69, 9.17) is 5.73 Å². The fourth-order valence-electron chi connectivity index (χ4n) is 1.95. The predicted molar refractivity (Wildman–Crippen MR) is 66.7 cm³/mol. The number of nitrogens with one attached hydrogen (secondary N) is 1. The van der Waals surface area contributed by atoms with Crippen LogP contribution in [0.1, 0.15) is 11.6 Å². The third-order valence-corrected chi connectivity index (χ3v) is 2.98. The third kappa shape index (κ3) is 2.07. The monoisotopic (exact) mass is 259 g/mol. The molecular weight excluding hydrogens is 246 g/mol. The molecule has 1 aliphatic rings. The molecule has 1 saturated heterocycles. The van der Waals surface area contributed by atoms with E-state index >= 15 is 0 Å². The van der Waals surface area contributed by atoms with Crippen LogP contribution < -0.4 is 16.2 Å². The molecule has 8 heteroatoms. The van der Waals surface area contributed by atoms with Crippen LogP contribution in [0.25, 0.3) is 0 Å². The molecule has 98 valence electrons. The van der Waals surface area contributed by atoms with Crippen molar-refractivity contribution in [3.63, 3.8) is 0 Å². The predicted octanol–water partition coefficient (Wildman–Crippen LogP) is -0.776. The Bertz CT molecular complexity index is 565. The van der Waals surface area contributed by atoms with Gasteiger partial charge in [0.2, 0.25) is 0 Å². The fourth-order valence-corrected chi connectivity index (χ4v) is 1.95. The van der Waals surface area contributed by atoms with E-state index in [1.165, 1.54) is 9.69 Å². The minimum absolute atomic E-state index is 0.113. The number of nitrogens with two attached hydrogens (primary N) is 1. The molecule has 0 aliphatic carbocycles. The van der Waals surface area contributed by atoms with Gasteiger partial charge in [0.15, 0.2) is 0 Å². The number of pyridine rings is 1. The summed E-state index contributed by atoms with van der Waals surface area (Å²) in [4.78, 5) is 16.5. The summed E-state index contributed by atoms with van der Waals surface area (Å²) in [6.45, 7) is 0.888. The SMILES string of the molecule is NCc1ccc(N2NCC(n3ccnn3)C2=O)nc1. The van der Waals surface area contributed by atoms with Gasteiger partial charge in [0.25, 0.3) is 5.91 Å². The van der Waals surface area contributed by atoms with E-state index in [0.29, 0.717) is 18.9 Å². The van der Waals surface area contributed by atoms with Crippen molar-refractivity contribution in [3.05, 3.63) is 36.3 Å². The van der Waals surface area contributed by atoms with Crippen molar-refractivity contribution in [2.24, 2.45) is 5.73 Å². The van der Waals surface area contributed by atoms with Crippen LogP contribution in [0.4, 0.5) is 5.82 Å². The first-order valence-corrected chi connectivity index (χ1v) is 5.88. The molecule has 2 aromatic rings. The van der Waals surface area contributed by atoms with Gasteiger partial charge in [0.05, 0.1) is 6.20 Å². The highest BCUT2D eigenvalue weighted by Gasteiger charge is 2.35. The Morgan fingerprint density at radius 1 is 1.47 bits per heavy atom. The first-order chi connectivity index (χ1) is 9.29. The van der Waals surface area contributed by atoms with Gasteiger partial charge in [0.1, 0.15) is 11.9 Å². The zero-order chi connectivity index (χ0) is 13.2. The van der Waals surface area contributed by atoms with E-state index in [1.54, 1.807) is 24.7 Å². The largest absolute Gasteiger partial charge is 0.326 e. The number of hydrogen-bond acceptors (Lipinski definition) is 6. The Labute approximate surface area is 109 Å². The fraction of sp³-hybridized carbons (Fsp3) is 0.273. The van der Waals surface area contributed by atoms with Crippen molar-refractivity contribution < 1.29 is 4.79 Å². The molecule has 19 heavy (non-hydrogen) atoms. The highest BCUT2D eigenvalue weighted by molar-refractivity contribution is 5.96. The van der Waals surface area contributed by atoms with E-state index in [1.807, 2.05) is 6.07 Å². The molecule has 3 rings (SSSR count). The average Bonchev–Trinajstić information content (AvgIpc) is 3.08. The minimum Gasteiger partial charge on any atom is -0.326 e. The quantitative estimate of drug-likeness (QED) is 0.750. The zero-order valence-electron chi connectivity index (χ0n) is 10.1. The van der Waals surface area contributed by atoms with Gasteiger partial charge in [-0.1, -0.05) is 11.3 Å². The molecule has 1 unspecified atom stereocenters. The van der Waals surface area contributed by atoms with Crippen LogP contribution in [0.5, 0.6) is 0 Å². The molecule has 0 spiro atoms. The summed E-state index contributed by atoms with van der Waals surface area (Å²) in [7, 11) is 0. The van der Waals surface area contributed by atoms with Crippen LogP contribution >= 0.6 is 0 Å². The number of amides is 1. The maximum atomic E-state index is 12.3. The molecule has 3 N–H and O–H groups in total. The van der Waals surface area contributed by atoms with Crippen molar-refractivity contribution in [2.75, 3.05) is 11.6 Å². The number of carbonyl (C=O) groups is 1. The van der Waals surface area contributed by atoms with Crippen molar-refractivity contribution in [1.29, 1.82) is 0 Å². The second kappa shape index (κ2) is 4.75. The van der Waals surface area contributed by atoms with Gasteiger partial charge in [-0.2, -0.15) is 0 Å². The number of carbonyl (C=O) groups excluding carboxylic acids is 1. The van der Waals surface area contributed by atoms with Gasteiger partial charge in [-0.15, -0.1) is 5.10 Å². The summed E-state index contributed by atoms with van der Waals surface area (Å²) < 4.78 is 1.53. The molecule has 1 aliphatic heterocycles. The molecule has 1 amide bonds. The van der Waals surface area contributed by atoms with Crippen molar-refractivity contribution >= 4 is 11.7 Å². The van der Waals surface area contributed by atoms with Gasteiger partial charge in [0, 0.05) is 25.5 Å². The zero-order valence-corrected chi connectivity index (χ0v) is 10.1. The van der Waals surface area contributed by atoms with Crippen LogP contribution in [-0.4, -0.2) is 32.4 Å². The van der Waals surface area contributed by atoms with E-state index < -0.39 is 6.04 Å². The first kappa shape index (κ1) is 11.8.